The number of nitrogens with one attached hydrogen (secondary N) is 1. The molecule has 0 aliphatic rings. The fraction of sp³-hybridized carbons (Fsp3) is 0.533. The molecule has 0 aliphatic heterocycles. The molecule has 0 saturated heterocycles. The van der Waals surface area contributed by atoms with Crippen molar-refractivity contribution < 1.29 is 4.79 Å². The van der Waals surface area contributed by atoms with Gasteiger partial charge >= 0.3 is 0 Å². The summed E-state index contributed by atoms with van der Waals surface area (Å²) in [5.74, 6) is 1.34. The maximum absolute atomic E-state index is 11.7. The van der Waals surface area contributed by atoms with Gasteiger partial charge in [0.1, 0.15) is 0 Å². The van der Waals surface area contributed by atoms with E-state index in [4.69, 9.17) is 5.73 Å². The Kier molecular flexibility index (Phi) is 7.60. The van der Waals surface area contributed by atoms with Crippen molar-refractivity contribution >= 4 is 17.7 Å². The minimum absolute atomic E-state index is 0.0330. The molecule has 0 heterocycles. The monoisotopic (exact) mass is 280 g/mol. The van der Waals surface area contributed by atoms with Gasteiger partial charge in [-0.15, -0.1) is 0 Å². The summed E-state index contributed by atoms with van der Waals surface area (Å²) < 4.78 is 0. The number of thioether (sulfide) groups is 1. The topological polar surface area (TPSA) is 55.1 Å². The molecule has 1 amide bonds. The van der Waals surface area contributed by atoms with E-state index in [1.54, 1.807) is 11.8 Å². The van der Waals surface area contributed by atoms with Gasteiger partial charge in [-0.1, -0.05) is 37.3 Å². The summed E-state index contributed by atoms with van der Waals surface area (Å²) in [5.41, 5.74) is 7.11. The molecule has 0 radical (unpaired) electrons. The van der Waals surface area contributed by atoms with Crippen molar-refractivity contribution in [1.82, 2.24) is 5.32 Å². The normalized spacial score (nSPS) is 13.8. The van der Waals surface area contributed by atoms with Gasteiger partial charge in [-0.3, -0.25) is 4.79 Å². The van der Waals surface area contributed by atoms with Crippen LogP contribution in [-0.2, 0) is 4.79 Å². The van der Waals surface area contributed by atoms with E-state index in [1.807, 2.05) is 24.5 Å². The first-order valence-electron chi connectivity index (χ1n) is 6.72. The Bertz CT molecular complexity index is 370. The van der Waals surface area contributed by atoms with Crippen LogP contribution in [0.4, 0.5) is 0 Å². The van der Waals surface area contributed by atoms with Gasteiger partial charge in [0.05, 0.1) is 6.04 Å². The predicted molar refractivity (Wildman–Crippen MR) is 83.5 cm³/mol. The molecular weight excluding hydrogens is 256 g/mol. The van der Waals surface area contributed by atoms with E-state index in [-0.39, 0.29) is 11.9 Å². The minimum atomic E-state index is -0.375. The molecule has 2 atom stereocenters. The van der Waals surface area contributed by atoms with Crippen molar-refractivity contribution in [3.05, 3.63) is 35.9 Å². The Balaban J connectivity index is 2.24. The first kappa shape index (κ1) is 16.1. The molecule has 0 aromatic heterocycles. The molecule has 1 rings (SSSR count). The standard InChI is InChI=1S/C15H24N2OS/c1-12(13-6-4-3-5-7-13)8-10-17-15(18)14(16)9-11-19-2/h3-7,12,14H,8-11,16H2,1-2H3,(H,17,18)/t12?,14-/m1/s1. The highest BCUT2D eigenvalue weighted by atomic mass is 32.2. The van der Waals surface area contributed by atoms with Gasteiger partial charge in [-0.2, -0.15) is 11.8 Å². The molecule has 3 N–H and O–H groups in total. The number of carbonyl (C=O) groups is 1. The highest BCUT2D eigenvalue weighted by Gasteiger charge is 2.12. The maximum Gasteiger partial charge on any atom is 0.236 e. The van der Waals surface area contributed by atoms with Crippen LogP contribution in [0.1, 0.15) is 31.2 Å². The fourth-order valence-electron chi connectivity index (χ4n) is 1.87. The first-order valence-corrected chi connectivity index (χ1v) is 8.11. The first-order chi connectivity index (χ1) is 9.15. The van der Waals surface area contributed by atoms with Gasteiger partial charge in [-0.25, -0.2) is 0 Å². The largest absolute Gasteiger partial charge is 0.355 e. The second kappa shape index (κ2) is 8.99. The van der Waals surface area contributed by atoms with Gasteiger partial charge in [0.25, 0.3) is 0 Å². The predicted octanol–water partition coefficient (Wildman–Crippen LogP) is 2.38. The summed E-state index contributed by atoms with van der Waals surface area (Å²) in [5, 5.41) is 2.92. The van der Waals surface area contributed by atoms with Crippen molar-refractivity contribution in [3.63, 3.8) is 0 Å². The Labute approximate surface area is 120 Å². The zero-order chi connectivity index (χ0) is 14.1. The van der Waals surface area contributed by atoms with Crippen LogP contribution in [0.25, 0.3) is 0 Å². The third-order valence-corrected chi connectivity index (χ3v) is 3.86. The molecule has 0 spiro atoms. The molecule has 1 aromatic rings. The highest BCUT2D eigenvalue weighted by molar-refractivity contribution is 7.98. The minimum Gasteiger partial charge on any atom is -0.355 e. The van der Waals surface area contributed by atoms with Crippen LogP contribution in [0.2, 0.25) is 0 Å². The number of amides is 1. The molecular formula is C15H24N2OS. The quantitative estimate of drug-likeness (QED) is 0.768. The van der Waals surface area contributed by atoms with Gasteiger partial charge in [0.15, 0.2) is 0 Å². The number of benzene rings is 1. The fourth-order valence-corrected chi connectivity index (χ4v) is 2.36. The lowest BCUT2D eigenvalue weighted by Crippen LogP contribution is -2.41. The van der Waals surface area contributed by atoms with E-state index in [0.717, 1.165) is 18.6 Å². The number of hydrogen-bond acceptors (Lipinski definition) is 3. The van der Waals surface area contributed by atoms with Gasteiger partial charge < -0.3 is 11.1 Å². The van der Waals surface area contributed by atoms with E-state index < -0.39 is 0 Å². The summed E-state index contributed by atoms with van der Waals surface area (Å²) >= 11 is 1.71. The van der Waals surface area contributed by atoms with E-state index in [0.29, 0.717) is 12.5 Å². The van der Waals surface area contributed by atoms with E-state index in [1.165, 1.54) is 5.56 Å². The second-order valence-corrected chi connectivity index (χ2v) is 5.76. The zero-order valence-corrected chi connectivity index (χ0v) is 12.6. The zero-order valence-electron chi connectivity index (χ0n) is 11.8. The van der Waals surface area contributed by atoms with Crippen molar-refractivity contribution in [2.24, 2.45) is 5.73 Å². The Morgan fingerprint density at radius 2 is 2.00 bits per heavy atom. The summed E-state index contributed by atoms with van der Waals surface area (Å²) in [6.45, 7) is 2.86. The molecule has 1 aromatic carbocycles. The Hall–Kier alpha value is -1.00. The molecule has 0 bridgehead atoms. The van der Waals surface area contributed by atoms with Crippen LogP contribution in [0.3, 0.4) is 0 Å². The number of rotatable bonds is 8. The summed E-state index contributed by atoms with van der Waals surface area (Å²) in [4.78, 5) is 11.7. The van der Waals surface area contributed by atoms with Crippen LogP contribution in [0.5, 0.6) is 0 Å². The lowest BCUT2D eigenvalue weighted by atomic mass is 9.98. The maximum atomic E-state index is 11.7. The van der Waals surface area contributed by atoms with E-state index in [9.17, 15) is 4.79 Å². The van der Waals surface area contributed by atoms with Crippen LogP contribution in [-0.4, -0.2) is 30.5 Å². The third-order valence-electron chi connectivity index (χ3n) is 3.21. The lowest BCUT2D eigenvalue weighted by Gasteiger charge is -2.14. The summed E-state index contributed by atoms with van der Waals surface area (Å²) in [6, 6.07) is 9.97. The number of hydrogen-bond donors (Lipinski definition) is 2. The highest BCUT2D eigenvalue weighted by Crippen LogP contribution is 2.17. The van der Waals surface area contributed by atoms with Gasteiger partial charge in [-0.05, 0) is 36.3 Å². The number of carbonyl (C=O) groups excluding carboxylic acids is 1. The molecule has 3 nitrogen and oxygen atoms in total. The van der Waals surface area contributed by atoms with Crippen molar-refractivity contribution in [2.75, 3.05) is 18.6 Å². The van der Waals surface area contributed by atoms with Crippen LogP contribution in [0.15, 0.2) is 30.3 Å². The summed E-state index contributed by atoms with van der Waals surface area (Å²) in [6.07, 6.45) is 3.69. The average Bonchev–Trinajstić information content (AvgIpc) is 2.45. The lowest BCUT2D eigenvalue weighted by molar-refractivity contribution is -0.122. The van der Waals surface area contributed by atoms with Crippen molar-refractivity contribution in [2.45, 2.75) is 31.7 Å². The van der Waals surface area contributed by atoms with E-state index in [2.05, 4.69) is 24.4 Å². The van der Waals surface area contributed by atoms with Gasteiger partial charge in [0, 0.05) is 6.54 Å². The molecule has 0 saturated carbocycles. The molecule has 0 aliphatic carbocycles. The molecule has 1 unspecified atom stereocenters. The average molecular weight is 280 g/mol. The smallest absolute Gasteiger partial charge is 0.236 e. The Morgan fingerprint density at radius 1 is 1.32 bits per heavy atom. The Morgan fingerprint density at radius 3 is 2.63 bits per heavy atom. The molecule has 4 heteroatoms. The van der Waals surface area contributed by atoms with E-state index >= 15 is 0 Å². The SMILES string of the molecule is CSCC[C@@H](N)C(=O)NCCC(C)c1ccccc1. The second-order valence-electron chi connectivity index (χ2n) is 4.78. The molecule has 106 valence electrons. The summed E-state index contributed by atoms with van der Waals surface area (Å²) in [7, 11) is 0. The number of nitrogens with two attached hydrogens (primary N) is 1. The van der Waals surface area contributed by atoms with Crippen LogP contribution < -0.4 is 11.1 Å². The molecule has 19 heavy (non-hydrogen) atoms. The van der Waals surface area contributed by atoms with Crippen LogP contribution >= 0.6 is 11.8 Å². The molecule has 0 fully saturated rings. The van der Waals surface area contributed by atoms with Gasteiger partial charge in [0.2, 0.25) is 5.91 Å². The van der Waals surface area contributed by atoms with Crippen molar-refractivity contribution in [1.29, 1.82) is 0 Å². The van der Waals surface area contributed by atoms with Crippen molar-refractivity contribution in [3.8, 4) is 0 Å². The van der Waals surface area contributed by atoms with Crippen LogP contribution in [0, 0.1) is 0 Å². The third kappa shape index (κ3) is 6.12.